The average Bonchev–Trinajstić information content (AvgIpc) is 1.82. The van der Waals surface area contributed by atoms with Crippen molar-refractivity contribution in [2.75, 3.05) is 0 Å². The number of carbonyl (C=O) groups is 2. The molecule has 0 heterocycles. The number of hydrogen-bond acceptors (Lipinski definition) is 2. The molecule has 0 spiro atoms. The Morgan fingerprint density at radius 3 is 1.55 bits per heavy atom. The summed E-state index contributed by atoms with van der Waals surface area (Å²) in [7, 11) is 0. The van der Waals surface area contributed by atoms with Crippen LogP contribution in [0.3, 0.4) is 0 Å². The summed E-state index contributed by atoms with van der Waals surface area (Å²) in [5.41, 5.74) is 0. The number of carbonyl (C=O) groups excluding carboxylic acids is 2. The normalized spacial score (nSPS) is 37.5. The predicted octanol–water partition coefficient (Wildman–Crippen LogP) is 1.33. The zero-order valence-electron chi connectivity index (χ0n) is 6.51. The minimum atomic E-state index is 0.374. The molecule has 2 fully saturated rings. The fraction of sp³-hybridized carbons (Fsp3) is 0.778. The molecule has 0 aromatic carbocycles. The van der Waals surface area contributed by atoms with Gasteiger partial charge in [-0.1, -0.05) is 0 Å². The number of fused-ring (bicyclic) bond motifs is 2. The van der Waals surface area contributed by atoms with Crippen LogP contribution in [-0.4, -0.2) is 11.6 Å². The van der Waals surface area contributed by atoms with Gasteiger partial charge >= 0.3 is 0 Å². The molecule has 0 unspecified atom stereocenters. The number of ketones is 2. The molecule has 0 aliphatic heterocycles. The second-order valence-corrected chi connectivity index (χ2v) is 3.86. The molecule has 2 saturated carbocycles. The van der Waals surface area contributed by atoms with Crippen molar-refractivity contribution in [2.45, 2.75) is 32.1 Å². The van der Waals surface area contributed by atoms with Crippen LogP contribution in [0.15, 0.2) is 0 Å². The van der Waals surface area contributed by atoms with Crippen LogP contribution in [0.2, 0.25) is 0 Å². The second-order valence-electron chi connectivity index (χ2n) is 3.86. The Labute approximate surface area is 66.0 Å². The third-order valence-corrected chi connectivity index (χ3v) is 2.73. The van der Waals surface area contributed by atoms with Gasteiger partial charge in [0.1, 0.15) is 11.6 Å². The van der Waals surface area contributed by atoms with Crippen molar-refractivity contribution in [3.63, 3.8) is 0 Å². The highest BCUT2D eigenvalue weighted by atomic mass is 16.1. The van der Waals surface area contributed by atoms with Gasteiger partial charge in [-0.2, -0.15) is 0 Å². The molecule has 2 nitrogen and oxygen atoms in total. The van der Waals surface area contributed by atoms with Crippen molar-refractivity contribution >= 4 is 11.6 Å². The summed E-state index contributed by atoms with van der Waals surface area (Å²) in [6, 6.07) is 0. The van der Waals surface area contributed by atoms with E-state index in [9.17, 15) is 9.59 Å². The monoisotopic (exact) mass is 152 g/mol. The Kier molecular flexibility index (Phi) is 1.55. The van der Waals surface area contributed by atoms with Gasteiger partial charge in [-0.05, 0) is 18.3 Å². The van der Waals surface area contributed by atoms with Crippen molar-refractivity contribution in [2.24, 2.45) is 11.8 Å². The highest BCUT2D eigenvalue weighted by Crippen LogP contribution is 2.36. The Bertz CT molecular complexity index is 170. The molecule has 11 heavy (non-hydrogen) atoms. The highest BCUT2D eigenvalue weighted by Gasteiger charge is 2.33. The van der Waals surface area contributed by atoms with Crippen LogP contribution in [0, 0.1) is 11.8 Å². The van der Waals surface area contributed by atoms with Gasteiger partial charge in [0.2, 0.25) is 0 Å². The Balaban J connectivity index is 2.11. The van der Waals surface area contributed by atoms with Crippen molar-refractivity contribution in [3.8, 4) is 0 Å². The lowest BCUT2D eigenvalue weighted by Gasteiger charge is -2.32. The molecule has 0 saturated heterocycles. The van der Waals surface area contributed by atoms with Gasteiger partial charge in [-0.15, -0.1) is 0 Å². The molecule has 2 rings (SSSR count). The molecule has 0 atom stereocenters. The van der Waals surface area contributed by atoms with E-state index in [1.807, 2.05) is 0 Å². The van der Waals surface area contributed by atoms with Crippen molar-refractivity contribution in [3.05, 3.63) is 0 Å². The van der Waals surface area contributed by atoms with E-state index in [2.05, 4.69) is 0 Å². The topological polar surface area (TPSA) is 34.1 Å². The Morgan fingerprint density at radius 1 is 0.818 bits per heavy atom. The van der Waals surface area contributed by atoms with Crippen LogP contribution in [0.4, 0.5) is 0 Å². The first-order chi connectivity index (χ1) is 5.24. The average molecular weight is 152 g/mol. The van der Waals surface area contributed by atoms with Crippen LogP contribution in [-0.2, 0) is 9.59 Å². The third-order valence-electron chi connectivity index (χ3n) is 2.73. The number of hydrogen-bond donors (Lipinski definition) is 0. The van der Waals surface area contributed by atoms with E-state index in [1.165, 1.54) is 0 Å². The first kappa shape index (κ1) is 7.01. The van der Waals surface area contributed by atoms with Gasteiger partial charge in [0.05, 0.1) is 0 Å². The highest BCUT2D eigenvalue weighted by molar-refractivity contribution is 5.86. The van der Waals surface area contributed by atoms with Gasteiger partial charge in [0.15, 0.2) is 0 Å². The van der Waals surface area contributed by atoms with Crippen LogP contribution in [0.5, 0.6) is 0 Å². The molecule has 0 N–H and O–H groups in total. The van der Waals surface area contributed by atoms with E-state index in [4.69, 9.17) is 0 Å². The standard InChI is InChI=1S/C9H12O2/c10-8-2-6-1-7(4-8)5-9(11)3-6/h6-7H,1-5H2. The fourth-order valence-corrected chi connectivity index (χ4v) is 2.40. The first-order valence-electron chi connectivity index (χ1n) is 4.27. The lowest BCUT2D eigenvalue weighted by atomic mass is 9.71. The van der Waals surface area contributed by atoms with Gasteiger partial charge in [0.25, 0.3) is 0 Å². The Morgan fingerprint density at radius 2 is 1.18 bits per heavy atom. The van der Waals surface area contributed by atoms with Gasteiger partial charge in [-0.3, -0.25) is 9.59 Å². The summed E-state index contributed by atoms with van der Waals surface area (Å²) in [6.45, 7) is 0. The van der Waals surface area contributed by atoms with Gasteiger partial charge < -0.3 is 0 Å². The predicted molar refractivity (Wildman–Crippen MR) is 40.1 cm³/mol. The minimum absolute atomic E-state index is 0.374. The lowest BCUT2D eigenvalue weighted by molar-refractivity contribution is -0.129. The van der Waals surface area contributed by atoms with Crippen LogP contribution >= 0.6 is 0 Å². The van der Waals surface area contributed by atoms with Crippen molar-refractivity contribution in [1.29, 1.82) is 0 Å². The molecule has 2 aliphatic rings. The molecule has 0 amide bonds. The zero-order chi connectivity index (χ0) is 7.84. The summed E-state index contributed by atoms with van der Waals surface area (Å²) in [4.78, 5) is 22.1. The summed E-state index contributed by atoms with van der Waals surface area (Å²) >= 11 is 0. The third kappa shape index (κ3) is 1.35. The number of Topliss-reactive ketones (excluding diaryl/α,β-unsaturated/α-hetero) is 2. The van der Waals surface area contributed by atoms with E-state index in [-0.39, 0.29) is 0 Å². The molecule has 2 bridgehead atoms. The Hall–Kier alpha value is -0.660. The van der Waals surface area contributed by atoms with Crippen molar-refractivity contribution in [1.82, 2.24) is 0 Å². The minimum Gasteiger partial charge on any atom is -0.300 e. The molecule has 2 heteroatoms. The lowest BCUT2D eigenvalue weighted by Crippen LogP contribution is -2.31. The molecule has 2 aliphatic carbocycles. The second kappa shape index (κ2) is 2.43. The van der Waals surface area contributed by atoms with Gasteiger partial charge in [-0.25, -0.2) is 0 Å². The maximum absolute atomic E-state index is 11.1. The molecular weight excluding hydrogens is 140 g/mol. The van der Waals surface area contributed by atoms with Crippen LogP contribution in [0.1, 0.15) is 32.1 Å². The molecule has 0 aromatic heterocycles. The molecule has 0 radical (unpaired) electrons. The number of rotatable bonds is 0. The summed E-state index contributed by atoms with van der Waals surface area (Å²) < 4.78 is 0. The van der Waals surface area contributed by atoms with E-state index < -0.39 is 0 Å². The SMILES string of the molecule is O=C1CC2CC(=O)CC(C1)C2. The zero-order valence-corrected chi connectivity index (χ0v) is 6.51. The van der Waals surface area contributed by atoms with E-state index in [0.29, 0.717) is 49.1 Å². The van der Waals surface area contributed by atoms with E-state index in [0.717, 1.165) is 6.42 Å². The summed E-state index contributed by atoms with van der Waals surface area (Å²) in [5, 5.41) is 0. The first-order valence-corrected chi connectivity index (χ1v) is 4.27. The summed E-state index contributed by atoms with van der Waals surface area (Å²) in [5.74, 6) is 1.56. The quantitative estimate of drug-likeness (QED) is 0.524. The largest absolute Gasteiger partial charge is 0.300 e. The molecular formula is C9H12O2. The maximum atomic E-state index is 11.1. The van der Waals surface area contributed by atoms with E-state index >= 15 is 0 Å². The van der Waals surface area contributed by atoms with Crippen LogP contribution in [0.25, 0.3) is 0 Å². The van der Waals surface area contributed by atoms with E-state index in [1.54, 1.807) is 0 Å². The van der Waals surface area contributed by atoms with Gasteiger partial charge in [0, 0.05) is 25.7 Å². The molecule has 0 aromatic rings. The fourth-order valence-electron chi connectivity index (χ4n) is 2.40. The van der Waals surface area contributed by atoms with Crippen LogP contribution < -0.4 is 0 Å². The van der Waals surface area contributed by atoms with Crippen molar-refractivity contribution < 1.29 is 9.59 Å². The maximum Gasteiger partial charge on any atom is 0.133 e. The molecule has 60 valence electrons. The smallest absolute Gasteiger partial charge is 0.133 e. The summed E-state index contributed by atoms with van der Waals surface area (Å²) in [6.07, 6.45) is 3.80.